The van der Waals surface area contributed by atoms with E-state index < -0.39 is 0 Å². The molecule has 1 N–H and O–H groups in total. The molecule has 6 heteroatoms. The molecule has 0 aliphatic carbocycles. The van der Waals surface area contributed by atoms with Crippen molar-refractivity contribution >= 4 is 5.91 Å². The van der Waals surface area contributed by atoms with Crippen LogP contribution in [0.1, 0.15) is 0 Å². The lowest BCUT2D eigenvalue weighted by molar-refractivity contribution is -0.134. The summed E-state index contributed by atoms with van der Waals surface area (Å²) in [6, 6.07) is 0. The van der Waals surface area contributed by atoms with Gasteiger partial charge in [0.05, 0.1) is 26.1 Å². The number of nitrogens with one attached hydrogen (secondary N) is 1. The van der Waals surface area contributed by atoms with Crippen molar-refractivity contribution in [2.24, 2.45) is 0 Å². The highest BCUT2D eigenvalue weighted by Gasteiger charge is 2.15. The summed E-state index contributed by atoms with van der Waals surface area (Å²) >= 11 is 0. The lowest BCUT2D eigenvalue weighted by atomic mass is 10.4. The number of carbonyl (C=O) groups is 1. The molecule has 0 unspecified atom stereocenters. The summed E-state index contributed by atoms with van der Waals surface area (Å²) in [7, 11) is 0. The highest BCUT2D eigenvalue weighted by atomic mass is 16.5. The van der Waals surface area contributed by atoms with E-state index in [1.807, 2.05) is 15.7 Å². The molecule has 0 spiro atoms. The second kappa shape index (κ2) is 6.36. The van der Waals surface area contributed by atoms with Crippen molar-refractivity contribution in [3.8, 4) is 0 Å². The lowest BCUT2D eigenvalue weighted by Gasteiger charge is -2.26. The Hall–Kier alpha value is -1.40. The van der Waals surface area contributed by atoms with Crippen LogP contribution in [0.3, 0.4) is 0 Å². The fraction of sp³-hybridized carbons (Fsp3) is 0.636. The normalized spacial score (nSPS) is 16.1. The van der Waals surface area contributed by atoms with Crippen molar-refractivity contribution in [2.75, 3.05) is 39.4 Å². The Morgan fingerprint density at radius 1 is 1.41 bits per heavy atom. The molecule has 1 amide bonds. The molecule has 2 heterocycles. The fourth-order valence-electron chi connectivity index (χ4n) is 1.75. The summed E-state index contributed by atoms with van der Waals surface area (Å²) in [6.07, 6.45) is 5.43. The van der Waals surface area contributed by atoms with Crippen LogP contribution in [0.4, 0.5) is 0 Å². The minimum Gasteiger partial charge on any atom is -0.378 e. The van der Waals surface area contributed by atoms with E-state index in [9.17, 15) is 4.79 Å². The maximum absolute atomic E-state index is 11.7. The minimum atomic E-state index is 0.152. The minimum absolute atomic E-state index is 0.152. The smallest absolute Gasteiger partial charge is 0.236 e. The van der Waals surface area contributed by atoms with Gasteiger partial charge in [0.25, 0.3) is 0 Å². The van der Waals surface area contributed by atoms with Crippen molar-refractivity contribution in [3.05, 3.63) is 18.7 Å². The molecular formula is C11H18N4O2. The van der Waals surface area contributed by atoms with Crippen LogP contribution in [0.5, 0.6) is 0 Å². The number of hydrogen-bond donors (Lipinski definition) is 1. The Balaban J connectivity index is 1.59. The first-order chi connectivity index (χ1) is 8.36. The van der Waals surface area contributed by atoms with E-state index in [2.05, 4.69) is 10.3 Å². The number of amides is 1. The standard InChI is InChI=1S/C11H18N4O2/c16-11(15-5-7-17-8-6-15)9-12-1-3-14-4-2-13-10-14/h2,4,10,12H,1,3,5-9H2. The summed E-state index contributed by atoms with van der Waals surface area (Å²) < 4.78 is 7.18. The van der Waals surface area contributed by atoms with E-state index in [-0.39, 0.29) is 5.91 Å². The third-order valence-corrected chi connectivity index (χ3v) is 2.75. The molecule has 0 radical (unpaired) electrons. The van der Waals surface area contributed by atoms with Gasteiger partial charge in [-0.3, -0.25) is 4.79 Å². The molecule has 0 atom stereocenters. The van der Waals surface area contributed by atoms with Gasteiger partial charge in [-0.2, -0.15) is 0 Å². The molecule has 1 aromatic rings. The van der Waals surface area contributed by atoms with Crippen molar-refractivity contribution in [1.82, 2.24) is 19.8 Å². The van der Waals surface area contributed by atoms with Gasteiger partial charge in [-0.1, -0.05) is 0 Å². The van der Waals surface area contributed by atoms with Crippen LogP contribution in [0.25, 0.3) is 0 Å². The average molecular weight is 238 g/mol. The van der Waals surface area contributed by atoms with Gasteiger partial charge in [0.2, 0.25) is 5.91 Å². The molecule has 6 nitrogen and oxygen atoms in total. The number of aromatic nitrogens is 2. The number of hydrogen-bond acceptors (Lipinski definition) is 4. The molecule has 1 saturated heterocycles. The third-order valence-electron chi connectivity index (χ3n) is 2.75. The maximum Gasteiger partial charge on any atom is 0.236 e. The van der Waals surface area contributed by atoms with Crippen LogP contribution >= 0.6 is 0 Å². The van der Waals surface area contributed by atoms with Crippen LogP contribution in [-0.2, 0) is 16.1 Å². The molecule has 1 fully saturated rings. The van der Waals surface area contributed by atoms with E-state index >= 15 is 0 Å². The summed E-state index contributed by atoms with van der Waals surface area (Å²) in [5, 5.41) is 3.14. The van der Waals surface area contributed by atoms with Gasteiger partial charge in [0.15, 0.2) is 0 Å². The first-order valence-electron chi connectivity index (χ1n) is 5.88. The molecule has 0 aromatic carbocycles. The van der Waals surface area contributed by atoms with Crippen LogP contribution < -0.4 is 5.32 Å². The first kappa shape index (κ1) is 12.1. The van der Waals surface area contributed by atoms with Gasteiger partial charge in [-0.15, -0.1) is 0 Å². The second-order valence-electron chi connectivity index (χ2n) is 3.97. The zero-order chi connectivity index (χ0) is 11.9. The summed E-state index contributed by atoms with van der Waals surface area (Å²) in [4.78, 5) is 17.5. The lowest BCUT2D eigenvalue weighted by Crippen LogP contribution is -2.45. The monoisotopic (exact) mass is 238 g/mol. The van der Waals surface area contributed by atoms with Crippen molar-refractivity contribution in [1.29, 1.82) is 0 Å². The number of nitrogens with zero attached hydrogens (tertiary/aromatic N) is 3. The molecular weight excluding hydrogens is 220 g/mol. The van der Waals surface area contributed by atoms with Crippen LogP contribution in [0.2, 0.25) is 0 Å². The van der Waals surface area contributed by atoms with Gasteiger partial charge in [0, 0.05) is 38.6 Å². The number of imidazole rings is 1. The zero-order valence-electron chi connectivity index (χ0n) is 9.84. The summed E-state index contributed by atoms with van der Waals surface area (Å²) in [5.74, 6) is 0.152. The predicted molar refractivity (Wildman–Crippen MR) is 62.5 cm³/mol. The fourth-order valence-corrected chi connectivity index (χ4v) is 1.75. The van der Waals surface area contributed by atoms with E-state index in [0.717, 1.165) is 13.1 Å². The van der Waals surface area contributed by atoms with Crippen molar-refractivity contribution < 1.29 is 9.53 Å². The zero-order valence-corrected chi connectivity index (χ0v) is 9.84. The van der Waals surface area contributed by atoms with Crippen molar-refractivity contribution in [2.45, 2.75) is 6.54 Å². The van der Waals surface area contributed by atoms with Gasteiger partial charge in [-0.05, 0) is 0 Å². The highest BCUT2D eigenvalue weighted by Crippen LogP contribution is 1.96. The summed E-state index contributed by atoms with van der Waals surface area (Å²) in [6.45, 7) is 4.73. The highest BCUT2D eigenvalue weighted by molar-refractivity contribution is 5.78. The van der Waals surface area contributed by atoms with Crippen LogP contribution in [0.15, 0.2) is 18.7 Å². The van der Waals surface area contributed by atoms with E-state index in [0.29, 0.717) is 32.8 Å². The number of morpholine rings is 1. The number of rotatable bonds is 5. The number of ether oxygens (including phenoxy) is 1. The van der Waals surface area contributed by atoms with Gasteiger partial charge < -0.3 is 19.5 Å². The first-order valence-corrected chi connectivity index (χ1v) is 5.88. The SMILES string of the molecule is O=C(CNCCn1ccnc1)N1CCOCC1. The molecule has 0 saturated carbocycles. The quantitative estimate of drug-likeness (QED) is 0.691. The van der Waals surface area contributed by atoms with Crippen LogP contribution in [0, 0.1) is 0 Å². The Bertz CT molecular complexity index is 333. The van der Waals surface area contributed by atoms with E-state index in [1.165, 1.54) is 0 Å². The topological polar surface area (TPSA) is 59.4 Å². The number of carbonyl (C=O) groups excluding carboxylic acids is 1. The van der Waals surface area contributed by atoms with E-state index in [4.69, 9.17) is 4.74 Å². The maximum atomic E-state index is 11.7. The van der Waals surface area contributed by atoms with E-state index in [1.54, 1.807) is 12.5 Å². The Kier molecular flexibility index (Phi) is 4.52. The van der Waals surface area contributed by atoms with Gasteiger partial charge in [-0.25, -0.2) is 4.98 Å². The van der Waals surface area contributed by atoms with Gasteiger partial charge in [0.1, 0.15) is 0 Å². The molecule has 2 rings (SSSR count). The Morgan fingerprint density at radius 3 is 2.94 bits per heavy atom. The molecule has 0 bridgehead atoms. The Labute approximate surface area is 101 Å². The van der Waals surface area contributed by atoms with Crippen LogP contribution in [-0.4, -0.2) is 59.8 Å². The summed E-state index contributed by atoms with van der Waals surface area (Å²) in [5.41, 5.74) is 0. The molecule has 17 heavy (non-hydrogen) atoms. The molecule has 1 aromatic heterocycles. The largest absolute Gasteiger partial charge is 0.378 e. The second-order valence-corrected chi connectivity index (χ2v) is 3.97. The molecule has 1 aliphatic heterocycles. The Morgan fingerprint density at radius 2 is 2.24 bits per heavy atom. The predicted octanol–water partition coefficient (Wildman–Crippen LogP) is -0.668. The third kappa shape index (κ3) is 3.83. The van der Waals surface area contributed by atoms with Crippen molar-refractivity contribution in [3.63, 3.8) is 0 Å². The van der Waals surface area contributed by atoms with Gasteiger partial charge >= 0.3 is 0 Å². The molecule has 94 valence electrons. The average Bonchev–Trinajstić information content (AvgIpc) is 2.88. The molecule has 1 aliphatic rings.